The minimum absolute atomic E-state index is 0.0235. The second-order valence-corrected chi connectivity index (χ2v) is 8.06. The highest BCUT2D eigenvalue weighted by atomic mass is 16.2. The van der Waals surface area contributed by atoms with E-state index in [0.29, 0.717) is 12.8 Å². The number of benzene rings is 1. The van der Waals surface area contributed by atoms with E-state index in [9.17, 15) is 9.59 Å². The van der Waals surface area contributed by atoms with Crippen molar-refractivity contribution in [1.82, 2.24) is 10.2 Å². The fourth-order valence-electron chi connectivity index (χ4n) is 3.10. The summed E-state index contributed by atoms with van der Waals surface area (Å²) in [5.41, 5.74) is 2.25. The first-order valence-electron chi connectivity index (χ1n) is 8.86. The zero-order valence-electron chi connectivity index (χ0n) is 15.4. The number of nitrogens with zero attached hydrogens (tertiary/aromatic N) is 1. The van der Waals surface area contributed by atoms with Crippen LogP contribution in [0.2, 0.25) is 0 Å². The average molecular weight is 330 g/mol. The molecule has 4 heteroatoms. The molecule has 1 aliphatic rings. The van der Waals surface area contributed by atoms with E-state index in [0.717, 1.165) is 37.1 Å². The van der Waals surface area contributed by atoms with Crippen LogP contribution in [-0.2, 0) is 16.0 Å². The minimum atomic E-state index is 0.0235. The molecule has 1 saturated heterocycles. The number of hydrogen-bond donors (Lipinski definition) is 1. The molecular weight excluding hydrogens is 300 g/mol. The Morgan fingerprint density at radius 2 is 1.79 bits per heavy atom. The molecule has 0 aromatic heterocycles. The van der Waals surface area contributed by atoms with Crippen molar-refractivity contribution in [3.8, 4) is 0 Å². The van der Waals surface area contributed by atoms with Crippen LogP contribution >= 0.6 is 0 Å². The largest absolute Gasteiger partial charge is 0.353 e. The molecule has 0 unspecified atom stereocenters. The first-order valence-corrected chi connectivity index (χ1v) is 8.86. The fraction of sp³-hybridized carbons (Fsp3) is 0.600. The van der Waals surface area contributed by atoms with Gasteiger partial charge in [0.2, 0.25) is 11.8 Å². The summed E-state index contributed by atoms with van der Waals surface area (Å²) in [7, 11) is 0. The number of carbonyl (C=O) groups is 2. The van der Waals surface area contributed by atoms with Crippen LogP contribution in [0.15, 0.2) is 24.3 Å². The fourth-order valence-corrected chi connectivity index (χ4v) is 3.10. The van der Waals surface area contributed by atoms with Crippen LogP contribution in [0.4, 0.5) is 0 Å². The van der Waals surface area contributed by atoms with Crippen LogP contribution in [-0.4, -0.2) is 35.8 Å². The maximum atomic E-state index is 12.3. The normalized spacial score (nSPS) is 16.1. The van der Waals surface area contributed by atoms with Crippen LogP contribution in [0, 0.1) is 12.3 Å². The predicted molar refractivity (Wildman–Crippen MR) is 96.7 cm³/mol. The van der Waals surface area contributed by atoms with Gasteiger partial charge in [0.1, 0.15) is 0 Å². The summed E-state index contributed by atoms with van der Waals surface area (Å²) in [6, 6.07) is 8.17. The summed E-state index contributed by atoms with van der Waals surface area (Å²) in [4.78, 5) is 26.4. The van der Waals surface area contributed by atoms with E-state index in [1.54, 1.807) is 0 Å². The monoisotopic (exact) mass is 330 g/mol. The Kier molecular flexibility index (Phi) is 6.03. The standard InChI is InChI=1S/C20H30N2O2/c1-15-7-5-6-8-16(15)13-18(23)21-17-9-11-22(12-10-17)19(24)14-20(2,3)4/h5-8,17H,9-14H2,1-4H3,(H,21,23). The van der Waals surface area contributed by atoms with Crippen LogP contribution in [0.5, 0.6) is 0 Å². The molecule has 0 bridgehead atoms. The van der Waals surface area contributed by atoms with Crippen LogP contribution < -0.4 is 5.32 Å². The molecule has 1 aromatic carbocycles. The molecule has 0 spiro atoms. The minimum Gasteiger partial charge on any atom is -0.353 e. The lowest BCUT2D eigenvalue weighted by Crippen LogP contribution is -2.47. The van der Waals surface area contributed by atoms with Crippen molar-refractivity contribution in [2.24, 2.45) is 5.41 Å². The van der Waals surface area contributed by atoms with E-state index in [2.05, 4.69) is 26.1 Å². The number of hydrogen-bond acceptors (Lipinski definition) is 2. The molecule has 1 aromatic rings. The summed E-state index contributed by atoms with van der Waals surface area (Å²) in [5, 5.41) is 3.13. The second-order valence-electron chi connectivity index (χ2n) is 8.06. The Morgan fingerprint density at radius 1 is 1.17 bits per heavy atom. The van der Waals surface area contributed by atoms with Gasteiger partial charge in [0.05, 0.1) is 6.42 Å². The zero-order chi connectivity index (χ0) is 17.7. The van der Waals surface area contributed by atoms with Gasteiger partial charge in [0.25, 0.3) is 0 Å². The van der Waals surface area contributed by atoms with Gasteiger partial charge in [0, 0.05) is 25.6 Å². The van der Waals surface area contributed by atoms with Gasteiger partial charge in [-0.3, -0.25) is 9.59 Å². The molecule has 2 rings (SSSR count). The lowest BCUT2D eigenvalue weighted by Gasteiger charge is -2.34. The Bertz CT molecular complexity index is 582. The highest BCUT2D eigenvalue weighted by molar-refractivity contribution is 5.79. The number of carbonyl (C=O) groups excluding carboxylic acids is 2. The zero-order valence-corrected chi connectivity index (χ0v) is 15.4. The van der Waals surface area contributed by atoms with Gasteiger partial charge in [-0.25, -0.2) is 0 Å². The second kappa shape index (κ2) is 7.82. The van der Waals surface area contributed by atoms with E-state index >= 15 is 0 Å². The molecule has 24 heavy (non-hydrogen) atoms. The van der Waals surface area contributed by atoms with E-state index in [-0.39, 0.29) is 23.3 Å². The van der Waals surface area contributed by atoms with E-state index in [1.165, 1.54) is 0 Å². The highest BCUT2D eigenvalue weighted by Crippen LogP contribution is 2.21. The molecule has 0 atom stereocenters. The Hall–Kier alpha value is -1.84. The summed E-state index contributed by atoms with van der Waals surface area (Å²) in [6.45, 7) is 9.77. The van der Waals surface area contributed by atoms with Gasteiger partial charge in [-0.2, -0.15) is 0 Å². The van der Waals surface area contributed by atoms with Crippen molar-refractivity contribution in [3.63, 3.8) is 0 Å². The molecule has 2 amide bonds. The molecular formula is C20H30N2O2. The van der Waals surface area contributed by atoms with Crippen molar-refractivity contribution in [3.05, 3.63) is 35.4 Å². The van der Waals surface area contributed by atoms with Gasteiger partial charge in [-0.05, 0) is 36.3 Å². The van der Waals surface area contributed by atoms with Gasteiger partial charge < -0.3 is 10.2 Å². The molecule has 4 nitrogen and oxygen atoms in total. The maximum Gasteiger partial charge on any atom is 0.224 e. The molecule has 0 radical (unpaired) electrons. The maximum absolute atomic E-state index is 12.3. The SMILES string of the molecule is Cc1ccccc1CC(=O)NC1CCN(C(=O)CC(C)(C)C)CC1. The van der Waals surface area contributed by atoms with Crippen molar-refractivity contribution < 1.29 is 9.59 Å². The Morgan fingerprint density at radius 3 is 2.38 bits per heavy atom. The molecule has 1 fully saturated rings. The summed E-state index contributed by atoms with van der Waals surface area (Å²) in [6.07, 6.45) is 2.69. The number of likely N-dealkylation sites (tertiary alicyclic amines) is 1. The van der Waals surface area contributed by atoms with Crippen molar-refractivity contribution >= 4 is 11.8 Å². The topological polar surface area (TPSA) is 49.4 Å². The number of aryl methyl sites for hydroxylation is 1. The average Bonchev–Trinajstić information content (AvgIpc) is 2.48. The highest BCUT2D eigenvalue weighted by Gasteiger charge is 2.26. The third kappa shape index (κ3) is 5.66. The molecule has 0 saturated carbocycles. The molecule has 132 valence electrons. The van der Waals surface area contributed by atoms with Gasteiger partial charge in [-0.15, -0.1) is 0 Å². The smallest absolute Gasteiger partial charge is 0.224 e. The first kappa shape index (κ1) is 18.5. The number of rotatable bonds is 4. The third-order valence-electron chi connectivity index (χ3n) is 4.51. The Balaban J connectivity index is 1.77. The number of piperidine rings is 1. The quantitative estimate of drug-likeness (QED) is 0.922. The molecule has 0 aliphatic carbocycles. The van der Waals surface area contributed by atoms with E-state index in [4.69, 9.17) is 0 Å². The van der Waals surface area contributed by atoms with Crippen LogP contribution in [0.25, 0.3) is 0 Å². The molecule has 1 heterocycles. The molecule has 1 aliphatic heterocycles. The third-order valence-corrected chi connectivity index (χ3v) is 4.51. The van der Waals surface area contributed by atoms with Crippen LogP contribution in [0.1, 0.15) is 51.2 Å². The van der Waals surface area contributed by atoms with Crippen molar-refractivity contribution in [1.29, 1.82) is 0 Å². The summed E-state index contributed by atoms with van der Waals surface area (Å²) in [5.74, 6) is 0.302. The number of nitrogens with one attached hydrogen (secondary N) is 1. The van der Waals surface area contributed by atoms with Gasteiger partial charge in [-0.1, -0.05) is 45.0 Å². The summed E-state index contributed by atoms with van der Waals surface area (Å²) < 4.78 is 0. The number of amides is 2. The lowest BCUT2D eigenvalue weighted by atomic mass is 9.91. The Labute approximate surface area is 145 Å². The van der Waals surface area contributed by atoms with E-state index < -0.39 is 0 Å². The molecule has 1 N–H and O–H groups in total. The van der Waals surface area contributed by atoms with Crippen molar-refractivity contribution in [2.75, 3.05) is 13.1 Å². The van der Waals surface area contributed by atoms with E-state index in [1.807, 2.05) is 36.1 Å². The first-order chi connectivity index (χ1) is 11.2. The lowest BCUT2D eigenvalue weighted by molar-refractivity contribution is -0.134. The van der Waals surface area contributed by atoms with Crippen molar-refractivity contribution in [2.45, 2.75) is 59.4 Å². The summed E-state index contributed by atoms with van der Waals surface area (Å²) >= 11 is 0. The van der Waals surface area contributed by atoms with Gasteiger partial charge in [0.15, 0.2) is 0 Å². The van der Waals surface area contributed by atoms with Crippen LogP contribution in [0.3, 0.4) is 0 Å². The predicted octanol–water partition coefficient (Wildman–Crippen LogP) is 3.08. The van der Waals surface area contributed by atoms with Gasteiger partial charge >= 0.3 is 0 Å².